The largest absolute Gasteiger partial charge is 0.458 e. The Morgan fingerprint density at radius 3 is 0.937 bits per heavy atom. The number of nitrogens with zero attached hydrogens (tertiary/aromatic N) is 2. The number of hydrogen-bond acceptors (Lipinski definition) is 6. The molecule has 95 heavy (non-hydrogen) atoms. The first kappa shape index (κ1) is 53.2. The van der Waals surface area contributed by atoms with E-state index in [9.17, 15) is 0 Å². The standard InChI is InChI=1S/C86H77B3N2O4/c1-47-11-3-7-15-67(47)90-69-36-75-65(87-61-13-5-9-17-73(61)92-77-30-59(32-79(94-75)82(77)87)85-41-52-22-53(42-85)24-54(23-52)43-85)34-63(69)89-64-35-66-76(95-80-33-60(86-44-55-25-56(45-86)27-57(26-55)46-86)31-78-83(80)88(66)62-14-6-10-18-74(62)93-78)37-70(64)91(68-16-8-4-12-48(68)2)72-29-58(28-71(90)81(72)89)84-38-49-19-50(39-84)21-51(20-49)40-84/h3-18,28-37,49-57H,19-27,38-46H2,1-2H3. The maximum atomic E-state index is 7.78. The van der Waals surface area contributed by atoms with E-state index in [0.717, 1.165) is 99.3 Å². The van der Waals surface area contributed by atoms with Gasteiger partial charge < -0.3 is 28.7 Å². The van der Waals surface area contributed by atoms with Gasteiger partial charge in [0, 0.05) is 57.2 Å². The predicted molar refractivity (Wildman–Crippen MR) is 385 cm³/mol. The van der Waals surface area contributed by atoms with Crippen LogP contribution in [0.2, 0.25) is 0 Å². The summed E-state index contributed by atoms with van der Waals surface area (Å²) in [6.07, 6.45) is 24.3. The molecule has 9 heteroatoms. The molecule has 0 aromatic heterocycles. The summed E-state index contributed by atoms with van der Waals surface area (Å²) in [7, 11) is 0. The highest BCUT2D eigenvalue weighted by molar-refractivity contribution is 7.03. The second kappa shape index (κ2) is 18.3. The first-order valence-corrected chi connectivity index (χ1v) is 37.1. The molecule has 12 bridgehead atoms. The third-order valence-corrected chi connectivity index (χ3v) is 28.7. The number of benzene rings is 9. The third-order valence-electron chi connectivity index (χ3n) is 28.7. The SMILES string of the molecule is Cc1ccccc1N1c2cc3c(cc2B2c4cc5c(cc4N(c4ccccc4C)c4cc(C67CC8CC(CC(C8)C6)C7)cc1c42)Oc1cc(C24CC6CC(CC(C6)C2)C4)cc2c1B5c1ccccc1O2)B1c2ccccc2Oc2cc(C45CC6CC(CC(C6)C4)C5)cc(c21)O3. The molecule has 0 radical (unpaired) electrons. The number of ether oxygens (including phenoxy) is 4. The van der Waals surface area contributed by atoms with Gasteiger partial charge in [0.1, 0.15) is 46.0 Å². The van der Waals surface area contributed by atoms with Crippen LogP contribution in [0.3, 0.4) is 0 Å². The van der Waals surface area contributed by atoms with E-state index in [2.05, 4.69) is 181 Å². The minimum Gasteiger partial charge on any atom is -0.458 e. The lowest BCUT2D eigenvalue weighted by atomic mass is 9.29. The highest BCUT2D eigenvalue weighted by atomic mass is 16.5. The van der Waals surface area contributed by atoms with E-state index < -0.39 is 0 Å². The Hall–Kier alpha value is -8.03. The van der Waals surface area contributed by atoms with E-state index in [1.165, 1.54) is 227 Å². The van der Waals surface area contributed by atoms with Gasteiger partial charge in [0.15, 0.2) is 0 Å². The molecule has 0 spiro atoms. The molecule has 6 nitrogen and oxygen atoms in total. The van der Waals surface area contributed by atoms with Gasteiger partial charge in [-0.25, -0.2) is 0 Å². The summed E-state index contributed by atoms with van der Waals surface area (Å²) in [5.41, 5.74) is 26.1. The molecule has 0 amide bonds. The Kier molecular flexibility index (Phi) is 10.3. The third kappa shape index (κ3) is 7.16. The van der Waals surface area contributed by atoms with E-state index in [4.69, 9.17) is 18.9 Å². The van der Waals surface area contributed by atoms with Gasteiger partial charge in [-0.15, -0.1) is 0 Å². The van der Waals surface area contributed by atoms with Gasteiger partial charge in [0.25, 0.3) is 20.1 Å². The monoisotopic (exact) mass is 1230 g/mol. The van der Waals surface area contributed by atoms with Crippen LogP contribution in [0.25, 0.3) is 0 Å². The lowest BCUT2D eigenvalue weighted by molar-refractivity contribution is -0.00542. The molecular formula is C86H77B3N2O4. The van der Waals surface area contributed by atoms with Crippen LogP contribution in [0.1, 0.15) is 143 Å². The summed E-state index contributed by atoms with van der Waals surface area (Å²) >= 11 is 0. The van der Waals surface area contributed by atoms with E-state index in [-0.39, 0.29) is 36.4 Å². The van der Waals surface area contributed by atoms with Crippen molar-refractivity contribution < 1.29 is 18.9 Å². The highest BCUT2D eigenvalue weighted by Gasteiger charge is 2.58. The van der Waals surface area contributed by atoms with E-state index >= 15 is 0 Å². The van der Waals surface area contributed by atoms with Crippen LogP contribution in [0.5, 0.6) is 46.0 Å². The van der Waals surface area contributed by atoms with Gasteiger partial charge in [-0.05, 0) is 326 Å². The second-order valence-electron chi connectivity index (χ2n) is 34.2. The molecule has 0 atom stereocenters. The molecule has 27 rings (SSSR count). The van der Waals surface area contributed by atoms with Crippen molar-refractivity contribution in [2.45, 2.75) is 146 Å². The average molecular weight is 1240 g/mol. The molecule has 0 unspecified atom stereocenters. The molecule has 9 aromatic rings. The Morgan fingerprint density at radius 2 is 0.579 bits per heavy atom. The number of anilines is 6. The zero-order chi connectivity index (χ0) is 61.7. The molecule has 12 saturated carbocycles. The maximum absolute atomic E-state index is 7.78. The molecule has 18 aliphatic rings. The Morgan fingerprint density at radius 1 is 0.274 bits per heavy atom. The first-order valence-electron chi connectivity index (χ1n) is 37.1. The smallest absolute Gasteiger partial charge is 0.260 e. The van der Waals surface area contributed by atoms with E-state index in [0.29, 0.717) is 0 Å². The maximum Gasteiger partial charge on any atom is 0.260 e. The Bertz CT molecular complexity index is 4580. The summed E-state index contributed by atoms with van der Waals surface area (Å²) in [6.45, 7) is 4.33. The Labute approximate surface area is 559 Å². The summed E-state index contributed by atoms with van der Waals surface area (Å²) in [6, 6.07) is 62.2. The molecular weight excluding hydrogens is 1160 g/mol. The van der Waals surface area contributed by atoms with Crippen LogP contribution in [-0.4, -0.2) is 20.1 Å². The van der Waals surface area contributed by atoms with Gasteiger partial charge >= 0.3 is 0 Å². The molecule has 6 aliphatic heterocycles. The quantitative estimate of drug-likeness (QED) is 0.160. The van der Waals surface area contributed by atoms with Crippen molar-refractivity contribution in [1.29, 1.82) is 0 Å². The topological polar surface area (TPSA) is 43.4 Å². The molecule has 0 N–H and O–H groups in total. The number of rotatable bonds is 5. The second-order valence-corrected chi connectivity index (χ2v) is 34.2. The van der Waals surface area contributed by atoms with Crippen molar-refractivity contribution in [3.8, 4) is 46.0 Å². The molecule has 464 valence electrons. The fourth-order valence-electron chi connectivity index (χ4n) is 26.3. The van der Waals surface area contributed by atoms with Crippen LogP contribution in [0, 0.1) is 67.1 Å². The van der Waals surface area contributed by atoms with Crippen LogP contribution in [0.4, 0.5) is 34.1 Å². The summed E-state index contributed by atoms with van der Waals surface area (Å²) in [5, 5.41) is 0. The van der Waals surface area contributed by atoms with Gasteiger partial charge in [-0.3, -0.25) is 0 Å². The number of hydrogen-bond donors (Lipinski definition) is 0. The van der Waals surface area contributed by atoms with Crippen molar-refractivity contribution in [2.75, 3.05) is 9.80 Å². The summed E-state index contributed by atoms with van der Waals surface area (Å²) in [5.74, 6) is 15.1. The van der Waals surface area contributed by atoms with Crippen molar-refractivity contribution in [2.24, 2.45) is 53.3 Å². The van der Waals surface area contributed by atoms with Gasteiger partial charge in [-0.1, -0.05) is 84.9 Å². The van der Waals surface area contributed by atoms with Crippen LogP contribution in [-0.2, 0) is 16.2 Å². The molecule has 0 saturated heterocycles. The minimum absolute atomic E-state index is 0.0869. The highest BCUT2D eigenvalue weighted by Crippen LogP contribution is 2.65. The van der Waals surface area contributed by atoms with Crippen molar-refractivity contribution in [3.63, 3.8) is 0 Å². The zero-order valence-electron chi connectivity index (χ0n) is 54.7. The van der Waals surface area contributed by atoms with E-state index in [1.807, 2.05) is 0 Å². The number of para-hydroxylation sites is 4. The average Bonchev–Trinajstić information content (AvgIpc) is 0.684. The van der Waals surface area contributed by atoms with Crippen LogP contribution in [0.15, 0.2) is 158 Å². The van der Waals surface area contributed by atoms with Crippen LogP contribution < -0.4 is 77.9 Å². The van der Waals surface area contributed by atoms with Crippen LogP contribution >= 0.6 is 0 Å². The predicted octanol–water partition coefficient (Wildman–Crippen LogP) is 15.2. The molecule has 12 fully saturated rings. The lowest BCUT2D eigenvalue weighted by Crippen LogP contribution is -2.65. The van der Waals surface area contributed by atoms with Gasteiger partial charge in [0.2, 0.25) is 0 Å². The van der Waals surface area contributed by atoms with Crippen molar-refractivity contribution in [1.82, 2.24) is 0 Å². The minimum atomic E-state index is -0.157. The van der Waals surface area contributed by atoms with Gasteiger partial charge in [0.05, 0.1) is 0 Å². The fourth-order valence-corrected chi connectivity index (χ4v) is 26.3. The molecule has 6 heterocycles. The first-order chi connectivity index (χ1) is 46.6. The lowest BCUT2D eigenvalue weighted by Gasteiger charge is -2.57. The van der Waals surface area contributed by atoms with Crippen molar-refractivity contribution in [3.05, 3.63) is 186 Å². The normalized spacial score (nSPS) is 31.0. The fraction of sp³-hybridized carbons (Fsp3) is 0.372. The van der Waals surface area contributed by atoms with E-state index in [1.54, 1.807) is 0 Å². The zero-order valence-corrected chi connectivity index (χ0v) is 54.7. The molecule has 9 aromatic carbocycles. The van der Waals surface area contributed by atoms with Crippen molar-refractivity contribution >= 4 is 103 Å². The Balaban J connectivity index is 0.771. The number of aryl methyl sites for hydroxylation is 2. The number of fused-ring (bicyclic) bond motifs is 12. The van der Waals surface area contributed by atoms with Gasteiger partial charge in [-0.2, -0.15) is 0 Å². The molecule has 12 aliphatic carbocycles. The summed E-state index contributed by atoms with van der Waals surface area (Å²) in [4.78, 5) is 5.44. The summed E-state index contributed by atoms with van der Waals surface area (Å²) < 4.78 is 30.1.